The fraction of sp³-hybridized carbons (Fsp3) is 0.769. The van der Waals surface area contributed by atoms with Crippen molar-refractivity contribution in [1.82, 2.24) is 0 Å². The maximum atomic E-state index is 11.1. The minimum absolute atomic E-state index is 0.0757. The molecule has 0 N–H and O–H groups in total. The molecule has 0 heterocycles. The Hall–Kier alpha value is -1.67. The van der Waals surface area contributed by atoms with Crippen molar-refractivity contribution >= 4 is 17.9 Å². The summed E-state index contributed by atoms with van der Waals surface area (Å²) >= 11 is 0. The fourth-order valence-electron chi connectivity index (χ4n) is 1.43. The van der Waals surface area contributed by atoms with Gasteiger partial charge < -0.3 is 23.7 Å². The fourth-order valence-corrected chi connectivity index (χ4v) is 1.43. The van der Waals surface area contributed by atoms with E-state index in [1.54, 1.807) is 0 Å². The van der Waals surface area contributed by atoms with Crippen LogP contribution in [0.4, 0.5) is 0 Å². The van der Waals surface area contributed by atoms with Crippen LogP contribution in [0.5, 0.6) is 0 Å². The van der Waals surface area contributed by atoms with Gasteiger partial charge in [0.2, 0.25) is 6.29 Å². The van der Waals surface area contributed by atoms with E-state index in [0.29, 0.717) is 0 Å². The topological polar surface area (TPSA) is 97.4 Å². The summed E-state index contributed by atoms with van der Waals surface area (Å²) in [5.41, 5.74) is 0. The maximum absolute atomic E-state index is 11.1. The van der Waals surface area contributed by atoms with Gasteiger partial charge in [-0.2, -0.15) is 0 Å². The van der Waals surface area contributed by atoms with Gasteiger partial charge in [-0.05, 0) is 6.92 Å². The third-order valence-corrected chi connectivity index (χ3v) is 2.17. The lowest BCUT2D eigenvalue weighted by Gasteiger charge is -2.27. The second kappa shape index (κ2) is 10.1. The highest BCUT2D eigenvalue weighted by molar-refractivity contribution is 5.67. The van der Waals surface area contributed by atoms with Crippen LogP contribution in [0.15, 0.2) is 0 Å². The predicted molar refractivity (Wildman–Crippen MR) is 70.2 cm³/mol. The van der Waals surface area contributed by atoms with Gasteiger partial charge in [-0.1, -0.05) is 0 Å². The molecule has 0 aliphatic heterocycles. The standard InChI is InChI=1S/C13H22O8/c1-8(19-10(3)15)13(20-11(4)16)21-12(6-17-5)7-18-9(2)14/h8,12-13H,6-7H2,1-5H3/t8?,12-,13+/m0/s1. The summed E-state index contributed by atoms with van der Waals surface area (Å²) < 4.78 is 25.2. The van der Waals surface area contributed by atoms with E-state index in [1.807, 2.05) is 0 Å². The molecule has 0 saturated carbocycles. The molecule has 0 aliphatic carbocycles. The minimum atomic E-state index is -1.12. The predicted octanol–water partition coefficient (Wildman–Crippen LogP) is 0.422. The monoisotopic (exact) mass is 306 g/mol. The van der Waals surface area contributed by atoms with E-state index >= 15 is 0 Å². The third-order valence-electron chi connectivity index (χ3n) is 2.17. The summed E-state index contributed by atoms with van der Waals surface area (Å²) in [4.78, 5) is 32.9. The second-order valence-corrected chi connectivity index (χ2v) is 4.31. The molecule has 0 fully saturated rings. The molecule has 0 spiro atoms. The van der Waals surface area contributed by atoms with Crippen molar-refractivity contribution in [2.24, 2.45) is 0 Å². The van der Waals surface area contributed by atoms with Crippen LogP contribution in [-0.4, -0.2) is 56.7 Å². The van der Waals surface area contributed by atoms with Crippen LogP contribution in [0.25, 0.3) is 0 Å². The quantitative estimate of drug-likeness (QED) is 0.343. The minimum Gasteiger partial charge on any atom is -0.463 e. The average molecular weight is 306 g/mol. The lowest BCUT2D eigenvalue weighted by molar-refractivity contribution is -0.230. The van der Waals surface area contributed by atoms with Gasteiger partial charge in [0.1, 0.15) is 12.7 Å². The summed E-state index contributed by atoms with van der Waals surface area (Å²) in [7, 11) is 1.44. The molecule has 0 saturated heterocycles. The van der Waals surface area contributed by atoms with Gasteiger partial charge in [-0.25, -0.2) is 0 Å². The van der Waals surface area contributed by atoms with E-state index in [4.69, 9.17) is 23.7 Å². The summed E-state index contributed by atoms with van der Waals surface area (Å²) in [6.07, 6.45) is -2.61. The van der Waals surface area contributed by atoms with Crippen LogP contribution in [0.2, 0.25) is 0 Å². The Morgan fingerprint density at radius 1 is 0.905 bits per heavy atom. The molecule has 8 nitrogen and oxygen atoms in total. The van der Waals surface area contributed by atoms with Gasteiger partial charge in [0.05, 0.1) is 6.61 Å². The van der Waals surface area contributed by atoms with Crippen molar-refractivity contribution in [3.8, 4) is 0 Å². The second-order valence-electron chi connectivity index (χ2n) is 4.31. The largest absolute Gasteiger partial charge is 0.463 e. The lowest BCUT2D eigenvalue weighted by atomic mass is 10.3. The number of hydrogen-bond acceptors (Lipinski definition) is 8. The normalized spacial score (nSPS) is 14.7. The Morgan fingerprint density at radius 2 is 1.48 bits per heavy atom. The lowest BCUT2D eigenvalue weighted by Crippen LogP contribution is -2.40. The molecule has 0 rings (SSSR count). The van der Waals surface area contributed by atoms with Crippen LogP contribution in [0, 0.1) is 0 Å². The molecule has 122 valence electrons. The van der Waals surface area contributed by atoms with Crippen LogP contribution >= 0.6 is 0 Å². The number of rotatable bonds is 9. The van der Waals surface area contributed by atoms with E-state index in [1.165, 1.54) is 34.8 Å². The third kappa shape index (κ3) is 9.80. The molecular weight excluding hydrogens is 284 g/mol. The first-order valence-electron chi connectivity index (χ1n) is 6.38. The average Bonchev–Trinajstić information content (AvgIpc) is 2.33. The van der Waals surface area contributed by atoms with Gasteiger partial charge in [-0.3, -0.25) is 14.4 Å². The Balaban J connectivity index is 4.73. The van der Waals surface area contributed by atoms with Gasteiger partial charge in [0.15, 0.2) is 6.10 Å². The highest BCUT2D eigenvalue weighted by Gasteiger charge is 2.28. The molecule has 21 heavy (non-hydrogen) atoms. The number of hydrogen-bond donors (Lipinski definition) is 0. The van der Waals surface area contributed by atoms with E-state index in [9.17, 15) is 14.4 Å². The number of carbonyl (C=O) groups is 3. The van der Waals surface area contributed by atoms with Gasteiger partial charge in [-0.15, -0.1) is 0 Å². The molecule has 1 unspecified atom stereocenters. The van der Waals surface area contributed by atoms with Crippen LogP contribution < -0.4 is 0 Å². The van der Waals surface area contributed by atoms with Gasteiger partial charge >= 0.3 is 17.9 Å². The molecule has 0 aliphatic rings. The summed E-state index contributed by atoms with van der Waals surface area (Å²) in [6, 6.07) is 0. The highest BCUT2D eigenvalue weighted by atomic mass is 16.7. The number of carbonyl (C=O) groups excluding carboxylic acids is 3. The Kier molecular flexibility index (Phi) is 9.31. The SMILES string of the molecule is COC[C@@H](COC(C)=O)O[C@@H](OC(C)=O)C(C)OC(C)=O. The molecule has 0 aromatic carbocycles. The van der Waals surface area contributed by atoms with Crippen LogP contribution in [0.1, 0.15) is 27.7 Å². The van der Waals surface area contributed by atoms with Crippen molar-refractivity contribution in [2.75, 3.05) is 20.3 Å². The molecule has 8 heteroatoms. The first kappa shape index (κ1) is 19.3. The molecular formula is C13H22O8. The summed E-state index contributed by atoms with van der Waals surface area (Å²) in [6.45, 7) is 5.24. The molecule has 0 amide bonds. The molecule has 0 aromatic heterocycles. The van der Waals surface area contributed by atoms with Crippen molar-refractivity contribution < 1.29 is 38.1 Å². The first-order chi connectivity index (χ1) is 9.76. The van der Waals surface area contributed by atoms with E-state index in [0.717, 1.165) is 0 Å². The van der Waals surface area contributed by atoms with Crippen LogP contribution in [-0.2, 0) is 38.1 Å². The van der Waals surface area contributed by atoms with E-state index in [2.05, 4.69) is 0 Å². The zero-order valence-corrected chi connectivity index (χ0v) is 12.9. The van der Waals surface area contributed by atoms with Crippen LogP contribution in [0.3, 0.4) is 0 Å². The summed E-state index contributed by atoms with van der Waals surface area (Å²) in [5.74, 6) is -1.61. The number of ether oxygens (including phenoxy) is 5. The number of methoxy groups -OCH3 is 1. The van der Waals surface area contributed by atoms with Crippen molar-refractivity contribution in [3.63, 3.8) is 0 Å². The van der Waals surface area contributed by atoms with E-state index < -0.39 is 36.4 Å². The molecule has 3 atom stereocenters. The Labute approximate surface area is 123 Å². The smallest absolute Gasteiger partial charge is 0.305 e. The highest BCUT2D eigenvalue weighted by Crippen LogP contribution is 2.11. The molecule has 0 bridgehead atoms. The van der Waals surface area contributed by atoms with Crippen molar-refractivity contribution in [2.45, 2.75) is 46.2 Å². The maximum Gasteiger partial charge on any atom is 0.305 e. The molecule has 0 aromatic rings. The van der Waals surface area contributed by atoms with Crippen molar-refractivity contribution in [1.29, 1.82) is 0 Å². The van der Waals surface area contributed by atoms with Gasteiger partial charge in [0, 0.05) is 27.9 Å². The zero-order valence-electron chi connectivity index (χ0n) is 12.9. The Morgan fingerprint density at radius 3 is 1.90 bits per heavy atom. The van der Waals surface area contributed by atoms with E-state index in [-0.39, 0.29) is 13.2 Å². The number of esters is 3. The first-order valence-corrected chi connectivity index (χ1v) is 6.38. The van der Waals surface area contributed by atoms with Gasteiger partial charge in [0.25, 0.3) is 0 Å². The summed E-state index contributed by atoms with van der Waals surface area (Å²) in [5, 5.41) is 0. The Bertz CT molecular complexity index is 354. The zero-order chi connectivity index (χ0) is 16.4. The van der Waals surface area contributed by atoms with Crippen molar-refractivity contribution in [3.05, 3.63) is 0 Å². The molecule has 0 radical (unpaired) electrons.